The zero-order valence-electron chi connectivity index (χ0n) is 9.48. The van der Waals surface area contributed by atoms with Crippen LogP contribution in [-0.4, -0.2) is 33.9 Å². The number of non-ortho nitro benzene ring substituents is 1. The Bertz CT molecular complexity index is 440. The van der Waals surface area contributed by atoms with Crippen molar-refractivity contribution in [1.29, 1.82) is 0 Å². The molecule has 0 aliphatic carbocycles. The van der Waals surface area contributed by atoms with E-state index in [1.165, 1.54) is 6.92 Å². The maximum atomic E-state index is 13.5. The zero-order valence-corrected chi connectivity index (χ0v) is 9.48. The summed E-state index contributed by atoms with van der Waals surface area (Å²) in [5.41, 5.74) is -2.69. The van der Waals surface area contributed by atoms with Crippen LogP contribution in [0.2, 0.25) is 0 Å². The van der Waals surface area contributed by atoms with Crippen molar-refractivity contribution in [2.24, 2.45) is 0 Å². The van der Waals surface area contributed by atoms with Crippen LogP contribution in [0.5, 0.6) is 0 Å². The molecule has 0 amide bonds. The molecule has 6 nitrogen and oxygen atoms in total. The number of hydrogen-bond acceptors (Lipinski definition) is 5. The Hall–Kier alpha value is -1.80. The van der Waals surface area contributed by atoms with Gasteiger partial charge in [-0.3, -0.25) is 10.1 Å². The maximum Gasteiger partial charge on any atom is 0.275 e. The highest BCUT2D eigenvalue weighted by molar-refractivity contribution is 5.53. The Kier molecular flexibility index (Phi) is 4.15. The summed E-state index contributed by atoms with van der Waals surface area (Å²) in [5, 5.41) is 30.7. The van der Waals surface area contributed by atoms with Gasteiger partial charge in [0.05, 0.1) is 35.8 Å². The van der Waals surface area contributed by atoms with Crippen LogP contribution in [-0.2, 0) is 0 Å². The molecule has 8 heteroatoms. The summed E-state index contributed by atoms with van der Waals surface area (Å²) >= 11 is 0. The topological polar surface area (TPSA) is 95.6 Å². The fourth-order valence-corrected chi connectivity index (χ4v) is 1.22. The van der Waals surface area contributed by atoms with Gasteiger partial charge in [-0.05, 0) is 6.92 Å². The van der Waals surface area contributed by atoms with Crippen molar-refractivity contribution in [3.63, 3.8) is 0 Å². The quantitative estimate of drug-likeness (QED) is 0.544. The maximum absolute atomic E-state index is 13.5. The molecule has 0 fully saturated rings. The van der Waals surface area contributed by atoms with Gasteiger partial charge in [-0.25, -0.2) is 8.78 Å². The second kappa shape index (κ2) is 5.23. The number of anilines is 1. The molecule has 1 rings (SSSR count). The SMILES string of the molecule is CC(CO)(CO)Nc1c(F)cc([N+](=O)[O-])cc1F. The normalized spacial score (nSPS) is 11.4. The lowest BCUT2D eigenvalue weighted by atomic mass is 10.0. The third-order valence-corrected chi connectivity index (χ3v) is 2.36. The summed E-state index contributed by atoms with van der Waals surface area (Å²) in [6.45, 7) is 0.200. The van der Waals surface area contributed by atoms with E-state index < -0.39 is 46.7 Å². The average molecular weight is 262 g/mol. The van der Waals surface area contributed by atoms with Crippen LogP contribution in [0.4, 0.5) is 20.2 Å². The first kappa shape index (κ1) is 14.3. The van der Waals surface area contributed by atoms with Crippen molar-refractivity contribution in [2.45, 2.75) is 12.5 Å². The summed E-state index contributed by atoms with van der Waals surface area (Å²) in [5.74, 6) is -2.34. The third-order valence-electron chi connectivity index (χ3n) is 2.36. The van der Waals surface area contributed by atoms with Crippen molar-refractivity contribution >= 4 is 11.4 Å². The highest BCUT2D eigenvalue weighted by Gasteiger charge is 2.26. The monoisotopic (exact) mass is 262 g/mol. The van der Waals surface area contributed by atoms with Crippen molar-refractivity contribution in [3.8, 4) is 0 Å². The Morgan fingerprint density at radius 1 is 1.33 bits per heavy atom. The van der Waals surface area contributed by atoms with E-state index in [1.54, 1.807) is 0 Å². The van der Waals surface area contributed by atoms with Gasteiger partial charge in [0.2, 0.25) is 0 Å². The van der Waals surface area contributed by atoms with E-state index in [4.69, 9.17) is 10.2 Å². The molecule has 0 aromatic heterocycles. The predicted octanol–water partition coefficient (Wildman–Crippen LogP) is 1.03. The van der Waals surface area contributed by atoms with Crippen molar-refractivity contribution in [3.05, 3.63) is 33.9 Å². The fraction of sp³-hybridized carbons (Fsp3) is 0.400. The summed E-state index contributed by atoms with van der Waals surface area (Å²) in [6, 6.07) is 1.11. The Labute approximate surface area is 101 Å². The molecule has 0 radical (unpaired) electrons. The molecule has 0 bridgehead atoms. The second-order valence-corrected chi connectivity index (χ2v) is 4.04. The number of halogens is 2. The van der Waals surface area contributed by atoms with E-state index >= 15 is 0 Å². The Morgan fingerprint density at radius 3 is 2.11 bits per heavy atom. The Balaban J connectivity index is 3.15. The van der Waals surface area contributed by atoms with Crippen LogP contribution in [0.1, 0.15) is 6.92 Å². The number of rotatable bonds is 5. The lowest BCUT2D eigenvalue weighted by Crippen LogP contribution is -2.43. The number of aliphatic hydroxyl groups is 2. The van der Waals surface area contributed by atoms with Gasteiger partial charge in [0, 0.05) is 0 Å². The van der Waals surface area contributed by atoms with Gasteiger partial charge in [0.25, 0.3) is 5.69 Å². The van der Waals surface area contributed by atoms with Crippen LogP contribution in [0.15, 0.2) is 12.1 Å². The predicted molar refractivity (Wildman–Crippen MR) is 59.2 cm³/mol. The molecule has 3 N–H and O–H groups in total. The first-order valence-electron chi connectivity index (χ1n) is 4.96. The second-order valence-electron chi connectivity index (χ2n) is 4.04. The summed E-state index contributed by atoms with van der Waals surface area (Å²) in [7, 11) is 0. The highest BCUT2D eigenvalue weighted by Crippen LogP contribution is 2.27. The molecule has 0 unspecified atom stereocenters. The minimum absolute atomic E-state index is 0.556. The molecular formula is C10H12F2N2O4. The summed E-state index contributed by atoms with van der Waals surface area (Å²) < 4.78 is 27.0. The van der Waals surface area contributed by atoms with Gasteiger partial charge in [0.1, 0.15) is 5.69 Å². The molecule has 0 atom stereocenters. The van der Waals surface area contributed by atoms with Crippen LogP contribution < -0.4 is 5.32 Å². The molecule has 0 aliphatic rings. The number of nitrogens with zero attached hydrogens (tertiary/aromatic N) is 1. The first-order chi connectivity index (χ1) is 8.33. The summed E-state index contributed by atoms with van der Waals surface area (Å²) in [6.07, 6.45) is 0. The van der Waals surface area contributed by atoms with E-state index in [0.29, 0.717) is 12.1 Å². The van der Waals surface area contributed by atoms with Gasteiger partial charge >= 0.3 is 0 Å². The highest BCUT2D eigenvalue weighted by atomic mass is 19.1. The molecule has 1 aromatic carbocycles. The van der Waals surface area contributed by atoms with Gasteiger partial charge in [-0.1, -0.05) is 0 Å². The standard InChI is InChI=1S/C10H12F2N2O4/c1-10(4-15,5-16)13-9-7(11)2-6(14(17)18)3-8(9)12/h2-3,13,15-16H,4-5H2,1H3. The number of hydrogen-bond donors (Lipinski definition) is 3. The van der Waals surface area contributed by atoms with E-state index in [-0.39, 0.29) is 0 Å². The minimum atomic E-state index is -1.34. The minimum Gasteiger partial charge on any atom is -0.394 e. The molecule has 0 spiro atoms. The molecule has 0 saturated heterocycles. The van der Waals surface area contributed by atoms with Gasteiger partial charge in [-0.15, -0.1) is 0 Å². The molecule has 0 heterocycles. The lowest BCUT2D eigenvalue weighted by molar-refractivity contribution is -0.385. The van der Waals surface area contributed by atoms with Crippen LogP contribution in [0.25, 0.3) is 0 Å². The molecule has 1 aromatic rings. The van der Waals surface area contributed by atoms with Crippen LogP contribution in [0, 0.1) is 21.7 Å². The molecule has 0 aliphatic heterocycles. The van der Waals surface area contributed by atoms with E-state index in [9.17, 15) is 18.9 Å². The molecular weight excluding hydrogens is 250 g/mol. The lowest BCUT2D eigenvalue weighted by Gasteiger charge is -2.27. The summed E-state index contributed by atoms with van der Waals surface area (Å²) in [4.78, 5) is 9.46. The zero-order chi connectivity index (χ0) is 13.9. The van der Waals surface area contributed by atoms with Crippen molar-refractivity contribution in [2.75, 3.05) is 18.5 Å². The number of aliphatic hydroxyl groups excluding tert-OH is 2. The molecule has 18 heavy (non-hydrogen) atoms. The van der Waals surface area contributed by atoms with Gasteiger partial charge in [0.15, 0.2) is 11.6 Å². The third kappa shape index (κ3) is 2.90. The molecule has 0 saturated carbocycles. The first-order valence-corrected chi connectivity index (χ1v) is 4.96. The van der Waals surface area contributed by atoms with Crippen LogP contribution >= 0.6 is 0 Å². The fourth-order valence-electron chi connectivity index (χ4n) is 1.22. The van der Waals surface area contributed by atoms with Crippen molar-refractivity contribution in [1.82, 2.24) is 0 Å². The van der Waals surface area contributed by atoms with Gasteiger partial charge < -0.3 is 15.5 Å². The molecule has 100 valence electrons. The van der Waals surface area contributed by atoms with Gasteiger partial charge in [-0.2, -0.15) is 0 Å². The van der Waals surface area contributed by atoms with E-state index in [1.807, 2.05) is 0 Å². The smallest absolute Gasteiger partial charge is 0.275 e. The number of nitrogens with one attached hydrogen (secondary N) is 1. The average Bonchev–Trinajstić information content (AvgIpc) is 2.33. The van der Waals surface area contributed by atoms with E-state index in [2.05, 4.69) is 5.32 Å². The largest absolute Gasteiger partial charge is 0.394 e. The number of benzene rings is 1. The van der Waals surface area contributed by atoms with Crippen LogP contribution in [0.3, 0.4) is 0 Å². The number of nitro groups is 1. The van der Waals surface area contributed by atoms with Crippen molar-refractivity contribution < 1.29 is 23.9 Å². The Morgan fingerprint density at radius 2 is 1.78 bits per heavy atom. The van der Waals surface area contributed by atoms with E-state index in [0.717, 1.165) is 0 Å². The number of nitro benzene ring substituents is 1.